The largest absolute Gasteiger partial charge is 0.481 e. The number of hydrogen-bond acceptors (Lipinski definition) is 3. The van der Waals surface area contributed by atoms with Crippen LogP contribution in [0.15, 0.2) is 29.6 Å². The minimum atomic E-state index is -0.858. The van der Waals surface area contributed by atoms with Gasteiger partial charge in [0.25, 0.3) is 5.91 Å². The van der Waals surface area contributed by atoms with Crippen molar-refractivity contribution in [1.29, 1.82) is 0 Å². The summed E-state index contributed by atoms with van der Waals surface area (Å²) in [6, 6.07) is 8.03. The van der Waals surface area contributed by atoms with E-state index in [0.717, 1.165) is 22.9 Å². The summed E-state index contributed by atoms with van der Waals surface area (Å²) >= 11 is 1.55. The Labute approximate surface area is 127 Å². The average Bonchev–Trinajstić information content (AvgIpc) is 3.22. The van der Waals surface area contributed by atoms with E-state index in [2.05, 4.69) is 0 Å². The molecule has 4 nitrogen and oxygen atoms in total. The zero-order valence-corrected chi connectivity index (χ0v) is 12.6. The van der Waals surface area contributed by atoms with Gasteiger partial charge in [-0.3, -0.25) is 9.59 Å². The molecule has 1 fully saturated rings. The fourth-order valence-electron chi connectivity index (χ4n) is 2.46. The second kappa shape index (κ2) is 5.48. The quantitative estimate of drug-likeness (QED) is 0.922. The molecule has 1 amide bonds. The van der Waals surface area contributed by atoms with Crippen molar-refractivity contribution in [1.82, 2.24) is 4.90 Å². The Morgan fingerprint density at radius 1 is 1.38 bits per heavy atom. The molecule has 1 unspecified atom stereocenters. The Kier molecular flexibility index (Phi) is 3.68. The summed E-state index contributed by atoms with van der Waals surface area (Å²) in [6.07, 6.45) is 1.94. The first-order chi connectivity index (χ1) is 10.1. The van der Waals surface area contributed by atoms with Crippen LogP contribution in [0.3, 0.4) is 0 Å². The average molecular weight is 303 g/mol. The molecule has 1 aliphatic carbocycles. The van der Waals surface area contributed by atoms with Crippen LogP contribution in [0.5, 0.6) is 0 Å². The lowest BCUT2D eigenvalue weighted by molar-refractivity contribution is -0.141. The predicted molar refractivity (Wildman–Crippen MR) is 82.7 cm³/mol. The number of carboxylic acid groups (broad SMARTS) is 1. The van der Waals surface area contributed by atoms with Crippen molar-refractivity contribution >= 4 is 33.3 Å². The Bertz CT molecular complexity index is 690. The van der Waals surface area contributed by atoms with Gasteiger partial charge in [-0.1, -0.05) is 25.1 Å². The molecule has 1 N–H and O–H groups in total. The van der Waals surface area contributed by atoms with Crippen molar-refractivity contribution in [3.05, 3.63) is 35.2 Å². The van der Waals surface area contributed by atoms with Gasteiger partial charge in [0, 0.05) is 28.1 Å². The molecule has 1 aromatic carbocycles. The SMILES string of the molecule is CC(CN(C(=O)c1csc2ccccc12)C1CC1)C(=O)O. The van der Waals surface area contributed by atoms with Crippen LogP contribution in [0.4, 0.5) is 0 Å². The molecule has 5 heteroatoms. The lowest BCUT2D eigenvalue weighted by atomic mass is 10.1. The molecule has 0 bridgehead atoms. The van der Waals surface area contributed by atoms with Gasteiger partial charge < -0.3 is 10.0 Å². The summed E-state index contributed by atoms with van der Waals surface area (Å²) in [5, 5.41) is 11.9. The minimum absolute atomic E-state index is 0.0388. The van der Waals surface area contributed by atoms with Crippen LogP contribution in [0.1, 0.15) is 30.1 Å². The topological polar surface area (TPSA) is 57.6 Å². The summed E-state index contributed by atoms with van der Waals surface area (Å²) in [4.78, 5) is 25.6. The van der Waals surface area contributed by atoms with Crippen molar-refractivity contribution in [2.24, 2.45) is 5.92 Å². The Balaban J connectivity index is 1.89. The lowest BCUT2D eigenvalue weighted by Crippen LogP contribution is -2.38. The minimum Gasteiger partial charge on any atom is -0.481 e. The molecule has 1 aliphatic rings. The Hall–Kier alpha value is -1.88. The van der Waals surface area contributed by atoms with E-state index in [0.29, 0.717) is 5.56 Å². The number of rotatable bonds is 5. The fraction of sp³-hybridized carbons (Fsp3) is 0.375. The molecular weight excluding hydrogens is 286 g/mol. The number of benzene rings is 1. The first-order valence-electron chi connectivity index (χ1n) is 7.08. The highest BCUT2D eigenvalue weighted by molar-refractivity contribution is 7.17. The van der Waals surface area contributed by atoms with E-state index in [9.17, 15) is 9.59 Å². The standard InChI is InChI=1S/C16H17NO3S/c1-10(16(19)20)8-17(11-6-7-11)15(18)13-9-21-14-5-3-2-4-12(13)14/h2-5,9-11H,6-8H2,1H3,(H,19,20). The van der Waals surface area contributed by atoms with Crippen LogP contribution >= 0.6 is 11.3 Å². The predicted octanol–water partition coefficient (Wildman–Crippen LogP) is 3.23. The van der Waals surface area contributed by atoms with E-state index >= 15 is 0 Å². The summed E-state index contributed by atoms with van der Waals surface area (Å²) in [5.41, 5.74) is 0.695. The molecule has 0 saturated heterocycles. The maximum Gasteiger partial charge on any atom is 0.308 e. The van der Waals surface area contributed by atoms with E-state index < -0.39 is 11.9 Å². The van der Waals surface area contributed by atoms with Crippen molar-refractivity contribution in [2.75, 3.05) is 6.54 Å². The van der Waals surface area contributed by atoms with Gasteiger partial charge >= 0.3 is 5.97 Å². The zero-order valence-electron chi connectivity index (χ0n) is 11.8. The highest BCUT2D eigenvalue weighted by Gasteiger charge is 2.35. The van der Waals surface area contributed by atoms with E-state index in [4.69, 9.17) is 5.11 Å². The van der Waals surface area contributed by atoms with Crippen molar-refractivity contribution in [3.8, 4) is 0 Å². The van der Waals surface area contributed by atoms with Crippen LogP contribution in [0, 0.1) is 5.92 Å². The second-order valence-corrected chi connectivity index (χ2v) is 6.48. The number of thiophene rings is 1. The third kappa shape index (κ3) is 2.78. The number of carbonyl (C=O) groups excluding carboxylic acids is 1. The van der Waals surface area contributed by atoms with E-state index in [1.807, 2.05) is 29.6 Å². The highest BCUT2D eigenvalue weighted by atomic mass is 32.1. The summed E-state index contributed by atoms with van der Waals surface area (Å²) in [5.74, 6) is -1.44. The molecule has 1 heterocycles. The summed E-state index contributed by atoms with van der Waals surface area (Å²) in [7, 11) is 0. The molecule has 21 heavy (non-hydrogen) atoms. The Morgan fingerprint density at radius 3 is 2.76 bits per heavy atom. The van der Waals surface area contributed by atoms with Gasteiger partial charge in [-0.25, -0.2) is 0 Å². The summed E-state index contributed by atoms with van der Waals surface area (Å²) in [6.45, 7) is 1.93. The second-order valence-electron chi connectivity index (χ2n) is 5.57. The van der Waals surface area contributed by atoms with Crippen LogP contribution in [-0.2, 0) is 4.79 Å². The van der Waals surface area contributed by atoms with Crippen molar-refractivity contribution < 1.29 is 14.7 Å². The van der Waals surface area contributed by atoms with Crippen LogP contribution in [0.25, 0.3) is 10.1 Å². The molecule has 0 aliphatic heterocycles. The van der Waals surface area contributed by atoms with Gasteiger partial charge in [-0.15, -0.1) is 11.3 Å². The number of nitrogens with zero attached hydrogens (tertiary/aromatic N) is 1. The molecule has 0 spiro atoms. The van der Waals surface area contributed by atoms with Gasteiger partial charge in [0.15, 0.2) is 0 Å². The van der Waals surface area contributed by atoms with Gasteiger partial charge in [0.2, 0.25) is 0 Å². The lowest BCUT2D eigenvalue weighted by Gasteiger charge is -2.24. The number of carboxylic acids is 1. The summed E-state index contributed by atoms with van der Waals surface area (Å²) < 4.78 is 1.09. The third-order valence-electron chi connectivity index (χ3n) is 3.85. The third-order valence-corrected chi connectivity index (χ3v) is 4.82. The maximum atomic E-state index is 12.8. The zero-order chi connectivity index (χ0) is 15.0. The Morgan fingerprint density at radius 2 is 2.10 bits per heavy atom. The van der Waals surface area contributed by atoms with Gasteiger partial charge in [-0.05, 0) is 18.9 Å². The normalized spacial score (nSPS) is 15.9. The number of amides is 1. The first kappa shape index (κ1) is 14.1. The number of aliphatic carboxylic acids is 1. The van der Waals surface area contributed by atoms with E-state index in [-0.39, 0.29) is 18.5 Å². The number of fused-ring (bicyclic) bond motifs is 1. The monoisotopic (exact) mass is 303 g/mol. The molecule has 3 rings (SSSR count). The van der Waals surface area contributed by atoms with Crippen molar-refractivity contribution in [2.45, 2.75) is 25.8 Å². The first-order valence-corrected chi connectivity index (χ1v) is 7.96. The van der Waals surface area contributed by atoms with Gasteiger partial charge in [0.05, 0.1) is 11.5 Å². The van der Waals surface area contributed by atoms with Crippen LogP contribution < -0.4 is 0 Å². The van der Waals surface area contributed by atoms with E-state index in [1.165, 1.54) is 0 Å². The van der Waals surface area contributed by atoms with Crippen LogP contribution in [-0.4, -0.2) is 34.5 Å². The van der Waals surface area contributed by atoms with Gasteiger partial charge in [-0.2, -0.15) is 0 Å². The van der Waals surface area contributed by atoms with Crippen LogP contribution in [0.2, 0.25) is 0 Å². The molecule has 2 aromatic rings. The van der Waals surface area contributed by atoms with Crippen molar-refractivity contribution in [3.63, 3.8) is 0 Å². The molecule has 0 radical (unpaired) electrons. The molecule has 110 valence electrons. The number of hydrogen-bond donors (Lipinski definition) is 1. The maximum absolute atomic E-state index is 12.8. The molecule has 1 saturated carbocycles. The van der Waals surface area contributed by atoms with E-state index in [1.54, 1.807) is 23.2 Å². The number of carbonyl (C=O) groups is 2. The van der Waals surface area contributed by atoms with Gasteiger partial charge in [0.1, 0.15) is 0 Å². The fourth-order valence-corrected chi connectivity index (χ4v) is 3.39. The highest BCUT2D eigenvalue weighted by Crippen LogP contribution is 2.32. The molecular formula is C16H17NO3S. The smallest absolute Gasteiger partial charge is 0.308 e. The molecule has 1 atom stereocenters. The molecule has 1 aromatic heterocycles.